The third kappa shape index (κ3) is 12.1. The fourth-order valence-corrected chi connectivity index (χ4v) is 3.14. The molecule has 10 heteroatoms. The normalized spacial score (nSPS) is 14.0. The van der Waals surface area contributed by atoms with Gasteiger partial charge >= 0.3 is 24.1 Å². The molecule has 0 saturated heterocycles. The summed E-state index contributed by atoms with van der Waals surface area (Å²) in [7, 11) is 1.27. The lowest BCUT2D eigenvalue weighted by atomic mass is 9.97. The van der Waals surface area contributed by atoms with Crippen LogP contribution in [0.4, 0.5) is 4.79 Å². The number of carbonyl (C=O) groups excluding carboxylic acids is 4. The Kier molecular flexibility index (Phi) is 12.9. The van der Waals surface area contributed by atoms with Crippen LogP contribution in [0, 0.1) is 10.8 Å². The van der Waals surface area contributed by atoms with Gasteiger partial charge in [-0.3, -0.25) is 14.4 Å². The second kappa shape index (κ2) is 14.9. The quantitative estimate of drug-likeness (QED) is 0.280. The molecule has 0 aliphatic rings. The molecule has 0 heterocycles. The second-order valence-electron chi connectivity index (χ2n) is 11.6. The number of benzene rings is 1. The summed E-state index contributed by atoms with van der Waals surface area (Å²) >= 11 is 0. The van der Waals surface area contributed by atoms with Crippen LogP contribution in [-0.4, -0.2) is 56.0 Å². The minimum atomic E-state index is -0.803. The summed E-state index contributed by atoms with van der Waals surface area (Å²) < 4.78 is 26.5. The van der Waals surface area contributed by atoms with Crippen LogP contribution in [0.25, 0.3) is 0 Å². The maximum atomic E-state index is 12.6. The summed E-state index contributed by atoms with van der Waals surface area (Å²) in [5.74, 6) is -1.38. The number of carbonyl (C=O) groups is 4. The first kappa shape index (κ1) is 33.9. The minimum Gasteiger partial charge on any atom is -0.468 e. The van der Waals surface area contributed by atoms with E-state index in [1.54, 1.807) is 67.5 Å². The highest BCUT2D eigenvalue weighted by Crippen LogP contribution is 2.33. The van der Waals surface area contributed by atoms with Gasteiger partial charge in [0.2, 0.25) is 0 Å². The molecule has 0 amide bonds. The van der Waals surface area contributed by atoms with Crippen LogP contribution in [0.3, 0.4) is 0 Å². The molecular formula is C29H45NO9. The summed E-state index contributed by atoms with van der Waals surface area (Å²) in [6.07, 6.45) is 0.159. The lowest BCUT2D eigenvalue weighted by molar-refractivity contribution is -0.145. The Balaban J connectivity index is 3.07. The number of methoxy groups -OCH3 is 1. The monoisotopic (exact) mass is 551 g/mol. The molecule has 10 nitrogen and oxygen atoms in total. The maximum absolute atomic E-state index is 12.6. The van der Waals surface area contributed by atoms with E-state index in [0.717, 1.165) is 12.8 Å². The molecule has 220 valence electrons. The van der Waals surface area contributed by atoms with Gasteiger partial charge in [0.15, 0.2) is 11.5 Å². The SMILES string of the molecule is CCCC(C)OC(=O)OC(C)CN[C@@H](Cc1ccc(OC(=O)C(C)(C)C)c(OC(=O)C(C)(C)C)c1)C(=O)OC. The Labute approximate surface area is 232 Å². The van der Waals surface area contributed by atoms with E-state index in [1.165, 1.54) is 13.2 Å². The number of ether oxygens (including phenoxy) is 5. The molecule has 0 aliphatic carbocycles. The van der Waals surface area contributed by atoms with Crippen molar-refractivity contribution in [3.05, 3.63) is 23.8 Å². The first-order valence-electron chi connectivity index (χ1n) is 13.2. The predicted molar refractivity (Wildman–Crippen MR) is 146 cm³/mol. The Morgan fingerprint density at radius 2 is 1.38 bits per heavy atom. The van der Waals surface area contributed by atoms with Crippen LogP contribution in [0.15, 0.2) is 18.2 Å². The molecule has 1 aromatic carbocycles. The van der Waals surface area contributed by atoms with Gasteiger partial charge in [-0.2, -0.15) is 0 Å². The summed E-state index contributed by atoms with van der Waals surface area (Å²) in [5.41, 5.74) is -0.960. The second-order valence-corrected chi connectivity index (χ2v) is 11.6. The predicted octanol–water partition coefficient (Wildman–Crippen LogP) is 4.99. The zero-order valence-electron chi connectivity index (χ0n) is 25.0. The van der Waals surface area contributed by atoms with Crippen molar-refractivity contribution in [1.82, 2.24) is 5.32 Å². The topological polar surface area (TPSA) is 126 Å². The van der Waals surface area contributed by atoms with Crippen LogP contribution in [-0.2, 0) is 35.0 Å². The molecule has 1 aromatic rings. The Bertz CT molecular complexity index is 991. The average molecular weight is 552 g/mol. The number of esters is 3. The number of nitrogens with one attached hydrogen (secondary N) is 1. The molecule has 0 fully saturated rings. The minimum absolute atomic E-state index is 0.0642. The zero-order valence-corrected chi connectivity index (χ0v) is 25.0. The van der Waals surface area contributed by atoms with E-state index in [4.69, 9.17) is 23.7 Å². The molecule has 1 N–H and O–H groups in total. The van der Waals surface area contributed by atoms with Gasteiger partial charge in [-0.1, -0.05) is 19.4 Å². The molecule has 1 rings (SSSR count). The maximum Gasteiger partial charge on any atom is 0.508 e. The molecule has 39 heavy (non-hydrogen) atoms. The van der Waals surface area contributed by atoms with Crippen molar-refractivity contribution in [3.8, 4) is 11.5 Å². The van der Waals surface area contributed by atoms with Gasteiger partial charge in [-0.25, -0.2) is 4.79 Å². The van der Waals surface area contributed by atoms with E-state index in [0.29, 0.717) is 5.56 Å². The molecule has 0 saturated carbocycles. The Morgan fingerprint density at radius 1 is 0.846 bits per heavy atom. The lowest BCUT2D eigenvalue weighted by Gasteiger charge is -2.22. The Hall–Kier alpha value is -3.14. The van der Waals surface area contributed by atoms with Crippen LogP contribution in [0.1, 0.15) is 80.7 Å². The summed E-state index contributed by atoms with van der Waals surface area (Å²) in [4.78, 5) is 49.6. The van der Waals surface area contributed by atoms with Crippen molar-refractivity contribution in [3.63, 3.8) is 0 Å². The van der Waals surface area contributed by atoms with Crippen molar-refractivity contribution in [1.29, 1.82) is 0 Å². The third-order valence-corrected chi connectivity index (χ3v) is 5.51. The number of hydrogen-bond donors (Lipinski definition) is 1. The largest absolute Gasteiger partial charge is 0.508 e. The van der Waals surface area contributed by atoms with Crippen molar-refractivity contribution >= 4 is 24.1 Å². The van der Waals surface area contributed by atoms with E-state index in [-0.39, 0.29) is 30.6 Å². The van der Waals surface area contributed by atoms with Crippen molar-refractivity contribution in [2.75, 3.05) is 13.7 Å². The molecule has 0 aliphatic heterocycles. The zero-order chi connectivity index (χ0) is 30.0. The van der Waals surface area contributed by atoms with Crippen LogP contribution < -0.4 is 14.8 Å². The van der Waals surface area contributed by atoms with E-state index in [2.05, 4.69) is 5.32 Å². The van der Waals surface area contributed by atoms with Crippen molar-refractivity contribution in [2.24, 2.45) is 10.8 Å². The highest BCUT2D eigenvalue weighted by molar-refractivity contribution is 5.81. The standard InChI is InChI=1S/C29H45NO9/c1-11-12-18(2)36-27(34)37-19(3)17-30-21(24(31)35-10)15-20-13-14-22(38-25(32)28(4,5)6)23(16-20)39-26(33)29(7,8)9/h13-14,16,18-19,21,30H,11-12,15,17H2,1-10H3/t18?,19?,21-/m0/s1. The van der Waals surface area contributed by atoms with E-state index in [9.17, 15) is 19.2 Å². The first-order chi connectivity index (χ1) is 18.0. The molecule has 0 aromatic heterocycles. The third-order valence-electron chi connectivity index (χ3n) is 5.51. The lowest BCUT2D eigenvalue weighted by Crippen LogP contribution is -2.43. The van der Waals surface area contributed by atoms with E-state index >= 15 is 0 Å². The highest BCUT2D eigenvalue weighted by atomic mass is 16.7. The van der Waals surface area contributed by atoms with Gasteiger partial charge in [-0.05, 0) is 85.9 Å². The smallest absolute Gasteiger partial charge is 0.468 e. The fourth-order valence-electron chi connectivity index (χ4n) is 3.14. The van der Waals surface area contributed by atoms with E-state index < -0.39 is 47.0 Å². The van der Waals surface area contributed by atoms with Crippen LogP contribution in [0.5, 0.6) is 11.5 Å². The highest BCUT2D eigenvalue weighted by Gasteiger charge is 2.29. The molecule has 3 atom stereocenters. The van der Waals surface area contributed by atoms with E-state index in [1.807, 2.05) is 6.92 Å². The van der Waals surface area contributed by atoms with Gasteiger partial charge < -0.3 is 29.0 Å². The average Bonchev–Trinajstić information content (AvgIpc) is 2.81. The fraction of sp³-hybridized carbons (Fsp3) is 0.655. The van der Waals surface area contributed by atoms with Gasteiger partial charge in [0.1, 0.15) is 18.2 Å². The molecule has 0 bridgehead atoms. The molecule has 0 radical (unpaired) electrons. The van der Waals surface area contributed by atoms with Crippen molar-refractivity contribution in [2.45, 2.75) is 99.8 Å². The Morgan fingerprint density at radius 3 is 1.90 bits per heavy atom. The summed E-state index contributed by atoms with van der Waals surface area (Å²) in [5, 5.41) is 3.05. The van der Waals surface area contributed by atoms with Gasteiger partial charge in [0.25, 0.3) is 0 Å². The molecule has 2 unspecified atom stereocenters. The summed E-state index contributed by atoms with van der Waals surface area (Å²) in [6.45, 7) is 15.9. The number of hydrogen-bond acceptors (Lipinski definition) is 10. The number of rotatable bonds is 12. The van der Waals surface area contributed by atoms with Gasteiger partial charge in [-0.15, -0.1) is 0 Å². The van der Waals surface area contributed by atoms with Crippen LogP contribution >= 0.6 is 0 Å². The summed E-state index contributed by atoms with van der Waals surface area (Å²) in [6, 6.07) is 3.95. The first-order valence-corrected chi connectivity index (χ1v) is 13.2. The molecule has 0 spiro atoms. The van der Waals surface area contributed by atoms with Crippen LogP contribution in [0.2, 0.25) is 0 Å². The van der Waals surface area contributed by atoms with Gasteiger partial charge in [0.05, 0.1) is 17.9 Å². The van der Waals surface area contributed by atoms with Gasteiger partial charge in [0, 0.05) is 6.54 Å². The molecular weight excluding hydrogens is 506 g/mol. The van der Waals surface area contributed by atoms with Crippen molar-refractivity contribution < 1.29 is 42.9 Å².